The van der Waals surface area contributed by atoms with Gasteiger partial charge in [0.05, 0.1) is 20.3 Å². The Hall–Kier alpha value is -2.11. The van der Waals surface area contributed by atoms with Crippen LogP contribution in [0.3, 0.4) is 0 Å². The van der Waals surface area contributed by atoms with Crippen LogP contribution in [0.15, 0.2) is 42.7 Å². The lowest BCUT2D eigenvalue weighted by Gasteiger charge is -2.24. The van der Waals surface area contributed by atoms with Gasteiger partial charge in [-0.05, 0) is 35.9 Å². The molecule has 5 heteroatoms. The predicted molar refractivity (Wildman–Crippen MR) is 80.5 cm³/mol. The van der Waals surface area contributed by atoms with Crippen molar-refractivity contribution in [3.63, 3.8) is 0 Å². The molecule has 1 aromatic heterocycles. The zero-order valence-electron chi connectivity index (χ0n) is 12.2. The van der Waals surface area contributed by atoms with Crippen LogP contribution in [0.1, 0.15) is 23.1 Å². The number of nitrogens with two attached hydrogens (primary N) is 1. The highest BCUT2D eigenvalue weighted by Crippen LogP contribution is 2.36. The van der Waals surface area contributed by atoms with Gasteiger partial charge in [-0.15, -0.1) is 0 Å². The van der Waals surface area contributed by atoms with E-state index in [-0.39, 0.29) is 5.92 Å². The number of pyridine rings is 1. The van der Waals surface area contributed by atoms with Gasteiger partial charge in [-0.25, -0.2) is 0 Å². The van der Waals surface area contributed by atoms with E-state index in [0.29, 0.717) is 23.6 Å². The highest BCUT2D eigenvalue weighted by Gasteiger charge is 2.24. The molecular formula is C16H20N2O3. The van der Waals surface area contributed by atoms with E-state index in [2.05, 4.69) is 4.98 Å². The lowest BCUT2D eigenvalue weighted by atomic mass is 9.89. The van der Waals surface area contributed by atoms with Crippen LogP contribution < -0.4 is 15.2 Å². The van der Waals surface area contributed by atoms with Crippen LogP contribution in [0, 0.1) is 0 Å². The molecule has 0 fully saturated rings. The quantitative estimate of drug-likeness (QED) is 0.848. The molecule has 0 saturated heterocycles. The van der Waals surface area contributed by atoms with E-state index in [1.807, 2.05) is 12.1 Å². The topological polar surface area (TPSA) is 77.6 Å². The second-order valence-corrected chi connectivity index (χ2v) is 4.68. The van der Waals surface area contributed by atoms with Crippen molar-refractivity contribution >= 4 is 0 Å². The molecule has 2 unspecified atom stereocenters. The van der Waals surface area contributed by atoms with Crippen molar-refractivity contribution < 1.29 is 14.6 Å². The summed E-state index contributed by atoms with van der Waals surface area (Å²) in [6.07, 6.45) is 2.59. The van der Waals surface area contributed by atoms with E-state index in [1.54, 1.807) is 44.8 Å². The molecule has 0 bridgehead atoms. The standard InChI is InChI=1S/C16H20N2O3/c1-20-12-3-4-15(21-2)13(9-12)16(19)14(10-17)11-5-7-18-8-6-11/h3-9,14,16,19H,10,17H2,1-2H3. The predicted octanol–water partition coefficient (Wildman–Crippen LogP) is 1.87. The van der Waals surface area contributed by atoms with E-state index in [9.17, 15) is 5.11 Å². The summed E-state index contributed by atoms with van der Waals surface area (Å²) in [6.45, 7) is 0.311. The molecule has 2 rings (SSSR count). The molecule has 5 nitrogen and oxygen atoms in total. The minimum absolute atomic E-state index is 0.242. The largest absolute Gasteiger partial charge is 0.497 e. The third-order valence-corrected chi connectivity index (χ3v) is 3.52. The Labute approximate surface area is 124 Å². The van der Waals surface area contributed by atoms with Gasteiger partial charge in [0.1, 0.15) is 11.5 Å². The fraction of sp³-hybridized carbons (Fsp3) is 0.312. The van der Waals surface area contributed by atoms with Gasteiger partial charge in [-0.2, -0.15) is 0 Å². The number of aliphatic hydroxyl groups excluding tert-OH is 1. The Kier molecular flexibility index (Phi) is 5.14. The number of rotatable bonds is 6. The van der Waals surface area contributed by atoms with E-state index in [4.69, 9.17) is 15.2 Å². The molecular weight excluding hydrogens is 268 g/mol. The van der Waals surface area contributed by atoms with Gasteiger partial charge >= 0.3 is 0 Å². The molecule has 0 saturated carbocycles. The highest BCUT2D eigenvalue weighted by atomic mass is 16.5. The first-order valence-corrected chi connectivity index (χ1v) is 6.71. The van der Waals surface area contributed by atoms with Crippen LogP contribution in [-0.2, 0) is 0 Å². The van der Waals surface area contributed by atoms with Crippen molar-refractivity contribution in [1.82, 2.24) is 4.98 Å². The Morgan fingerprint density at radius 1 is 1.14 bits per heavy atom. The second-order valence-electron chi connectivity index (χ2n) is 4.68. The minimum atomic E-state index is -0.789. The zero-order valence-corrected chi connectivity index (χ0v) is 12.2. The Morgan fingerprint density at radius 3 is 2.43 bits per heavy atom. The average Bonchev–Trinajstić information content (AvgIpc) is 2.55. The van der Waals surface area contributed by atoms with Crippen molar-refractivity contribution in [1.29, 1.82) is 0 Å². The number of ether oxygens (including phenoxy) is 2. The summed E-state index contributed by atoms with van der Waals surface area (Å²) in [5.41, 5.74) is 7.44. The van der Waals surface area contributed by atoms with Crippen LogP contribution in [0.5, 0.6) is 11.5 Å². The molecule has 0 radical (unpaired) electrons. The number of nitrogens with zero attached hydrogens (tertiary/aromatic N) is 1. The first kappa shape index (κ1) is 15.3. The van der Waals surface area contributed by atoms with Crippen LogP contribution in [0.2, 0.25) is 0 Å². The van der Waals surface area contributed by atoms with Crippen molar-refractivity contribution in [2.75, 3.05) is 20.8 Å². The Bertz CT molecular complexity index is 575. The van der Waals surface area contributed by atoms with Gasteiger partial charge in [0.25, 0.3) is 0 Å². The van der Waals surface area contributed by atoms with E-state index in [0.717, 1.165) is 5.56 Å². The van der Waals surface area contributed by atoms with Gasteiger partial charge < -0.3 is 20.3 Å². The normalized spacial score (nSPS) is 13.5. The van der Waals surface area contributed by atoms with Crippen LogP contribution in [-0.4, -0.2) is 30.9 Å². The van der Waals surface area contributed by atoms with Crippen molar-refractivity contribution in [3.05, 3.63) is 53.9 Å². The van der Waals surface area contributed by atoms with Gasteiger partial charge in [0.15, 0.2) is 0 Å². The smallest absolute Gasteiger partial charge is 0.124 e. The number of hydrogen-bond donors (Lipinski definition) is 2. The van der Waals surface area contributed by atoms with Crippen LogP contribution in [0.4, 0.5) is 0 Å². The lowest BCUT2D eigenvalue weighted by Crippen LogP contribution is -2.20. The molecule has 21 heavy (non-hydrogen) atoms. The summed E-state index contributed by atoms with van der Waals surface area (Å²) in [7, 11) is 3.16. The molecule has 1 heterocycles. The van der Waals surface area contributed by atoms with Gasteiger partial charge in [0.2, 0.25) is 0 Å². The summed E-state index contributed by atoms with van der Waals surface area (Å²) in [5, 5.41) is 10.7. The van der Waals surface area contributed by atoms with E-state index >= 15 is 0 Å². The molecule has 0 amide bonds. The summed E-state index contributed by atoms with van der Waals surface area (Å²) in [6, 6.07) is 9.05. The third kappa shape index (κ3) is 3.32. The fourth-order valence-electron chi connectivity index (χ4n) is 2.35. The molecule has 0 aliphatic rings. The number of methoxy groups -OCH3 is 2. The summed E-state index contributed by atoms with van der Waals surface area (Å²) in [5.74, 6) is 1.03. The Morgan fingerprint density at radius 2 is 1.86 bits per heavy atom. The minimum Gasteiger partial charge on any atom is -0.497 e. The summed E-state index contributed by atoms with van der Waals surface area (Å²) >= 11 is 0. The molecule has 1 aromatic carbocycles. The van der Waals surface area contributed by atoms with E-state index < -0.39 is 6.10 Å². The maximum absolute atomic E-state index is 10.7. The maximum atomic E-state index is 10.7. The number of hydrogen-bond acceptors (Lipinski definition) is 5. The maximum Gasteiger partial charge on any atom is 0.124 e. The van der Waals surface area contributed by atoms with Crippen molar-refractivity contribution in [2.24, 2.45) is 5.73 Å². The van der Waals surface area contributed by atoms with Crippen LogP contribution >= 0.6 is 0 Å². The Balaban J connectivity index is 2.39. The molecule has 3 N–H and O–H groups in total. The molecule has 0 aliphatic heterocycles. The number of benzene rings is 1. The zero-order chi connectivity index (χ0) is 15.2. The first-order chi connectivity index (χ1) is 10.2. The molecule has 0 aliphatic carbocycles. The molecule has 0 spiro atoms. The van der Waals surface area contributed by atoms with Gasteiger partial charge in [-0.1, -0.05) is 0 Å². The highest BCUT2D eigenvalue weighted by molar-refractivity contribution is 5.43. The monoisotopic (exact) mass is 288 g/mol. The molecule has 2 atom stereocenters. The van der Waals surface area contributed by atoms with Crippen LogP contribution in [0.25, 0.3) is 0 Å². The summed E-state index contributed by atoms with van der Waals surface area (Å²) < 4.78 is 10.5. The van der Waals surface area contributed by atoms with Gasteiger partial charge in [-0.3, -0.25) is 4.98 Å². The van der Waals surface area contributed by atoms with E-state index in [1.165, 1.54) is 0 Å². The molecule has 2 aromatic rings. The SMILES string of the molecule is COc1ccc(OC)c(C(O)C(CN)c2ccncc2)c1. The van der Waals surface area contributed by atoms with Crippen molar-refractivity contribution in [2.45, 2.75) is 12.0 Å². The van der Waals surface area contributed by atoms with Gasteiger partial charge in [0, 0.05) is 30.4 Å². The summed E-state index contributed by atoms with van der Waals surface area (Å²) in [4.78, 5) is 3.99. The molecule has 112 valence electrons. The average molecular weight is 288 g/mol. The second kappa shape index (κ2) is 7.06. The van der Waals surface area contributed by atoms with Crippen molar-refractivity contribution in [3.8, 4) is 11.5 Å². The fourth-order valence-corrected chi connectivity index (χ4v) is 2.35. The number of aliphatic hydroxyl groups is 1. The first-order valence-electron chi connectivity index (χ1n) is 6.71. The lowest BCUT2D eigenvalue weighted by molar-refractivity contribution is 0.143. The third-order valence-electron chi connectivity index (χ3n) is 3.52. The number of aromatic nitrogens is 1.